The molecular formula is C16H21N3O2. The van der Waals surface area contributed by atoms with E-state index in [0.717, 1.165) is 55.8 Å². The van der Waals surface area contributed by atoms with Crippen molar-refractivity contribution in [2.75, 3.05) is 37.7 Å². The maximum Gasteiger partial charge on any atom is 0.180 e. The van der Waals surface area contributed by atoms with Crippen molar-refractivity contribution >= 4 is 16.8 Å². The predicted octanol–water partition coefficient (Wildman–Crippen LogP) is 1.72. The quantitative estimate of drug-likeness (QED) is 0.911. The summed E-state index contributed by atoms with van der Waals surface area (Å²) >= 11 is 0. The predicted molar refractivity (Wildman–Crippen MR) is 81.4 cm³/mol. The monoisotopic (exact) mass is 287 g/mol. The number of hydrogen-bond acceptors (Lipinski definition) is 5. The highest BCUT2D eigenvalue weighted by Crippen LogP contribution is 2.31. The van der Waals surface area contributed by atoms with Crippen LogP contribution in [0.2, 0.25) is 0 Å². The molecule has 0 amide bonds. The normalized spacial score (nSPS) is 27.0. The van der Waals surface area contributed by atoms with E-state index in [1.807, 2.05) is 18.2 Å². The standard InChI is InChI=1S/C16H21N3O2/c20-11-12-5-6-18-7-8-19(10-13(18)9-12)16-14-3-1-2-4-15(14)21-17-16/h1-4,12-13,20H,5-11H2. The Morgan fingerprint density at radius 1 is 1.24 bits per heavy atom. The van der Waals surface area contributed by atoms with Gasteiger partial charge in [0.25, 0.3) is 0 Å². The third-order valence-corrected chi connectivity index (χ3v) is 4.95. The van der Waals surface area contributed by atoms with Gasteiger partial charge in [-0.15, -0.1) is 0 Å². The van der Waals surface area contributed by atoms with Gasteiger partial charge in [0, 0.05) is 32.3 Å². The van der Waals surface area contributed by atoms with Gasteiger partial charge >= 0.3 is 0 Å². The summed E-state index contributed by atoms with van der Waals surface area (Å²) in [7, 11) is 0. The first-order valence-corrected chi connectivity index (χ1v) is 7.79. The first-order valence-electron chi connectivity index (χ1n) is 7.79. The Kier molecular flexibility index (Phi) is 3.31. The van der Waals surface area contributed by atoms with E-state index in [0.29, 0.717) is 18.6 Å². The van der Waals surface area contributed by atoms with E-state index in [2.05, 4.69) is 21.0 Å². The Balaban J connectivity index is 1.57. The van der Waals surface area contributed by atoms with E-state index in [-0.39, 0.29) is 0 Å². The van der Waals surface area contributed by atoms with E-state index in [1.54, 1.807) is 0 Å². The highest BCUT2D eigenvalue weighted by molar-refractivity contribution is 5.88. The summed E-state index contributed by atoms with van der Waals surface area (Å²) in [5, 5.41) is 14.8. The van der Waals surface area contributed by atoms with Crippen molar-refractivity contribution in [3.8, 4) is 0 Å². The maximum absolute atomic E-state index is 9.41. The fourth-order valence-electron chi connectivity index (χ4n) is 3.72. The van der Waals surface area contributed by atoms with Crippen molar-refractivity contribution in [3.63, 3.8) is 0 Å². The Hall–Kier alpha value is -1.59. The van der Waals surface area contributed by atoms with Gasteiger partial charge in [-0.25, -0.2) is 0 Å². The van der Waals surface area contributed by atoms with Crippen LogP contribution in [0.25, 0.3) is 11.0 Å². The van der Waals surface area contributed by atoms with Gasteiger partial charge in [0.05, 0.1) is 5.39 Å². The van der Waals surface area contributed by atoms with Crippen LogP contribution in [-0.2, 0) is 0 Å². The number of aliphatic hydroxyl groups is 1. The molecule has 1 N–H and O–H groups in total. The summed E-state index contributed by atoms with van der Waals surface area (Å²) in [6, 6.07) is 8.57. The molecule has 1 aromatic heterocycles. The number of aliphatic hydroxyl groups excluding tert-OH is 1. The van der Waals surface area contributed by atoms with E-state index < -0.39 is 0 Å². The minimum Gasteiger partial charge on any atom is -0.396 e. The number of fused-ring (bicyclic) bond motifs is 2. The lowest BCUT2D eigenvalue weighted by Crippen LogP contribution is -2.56. The minimum atomic E-state index is 0.317. The summed E-state index contributed by atoms with van der Waals surface area (Å²) in [4.78, 5) is 4.90. The summed E-state index contributed by atoms with van der Waals surface area (Å²) < 4.78 is 5.44. The SMILES string of the molecule is OCC1CCN2CCN(c3noc4ccccc34)CC2C1. The average Bonchev–Trinajstić information content (AvgIpc) is 2.98. The van der Waals surface area contributed by atoms with Crippen LogP contribution < -0.4 is 4.90 Å². The van der Waals surface area contributed by atoms with Gasteiger partial charge in [-0.3, -0.25) is 4.90 Å². The Bertz CT molecular complexity index is 627. The van der Waals surface area contributed by atoms with Crippen molar-refractivity contribution in [1.82, 2.24) is 10.1 Å². The van der Waals surface area contributed by atoms with Gasteiger partial charge < -0.3 is 14.5 Å². The molecule has 0 radical (unpaired) electrons. The molecule has 1 aromatic carbocycles. The van der Waals surface area contributed by atoms with E-state index in [4.69, 9.17) is 4.52 Å². The fraction of sp³-hybridized carbons (Fsp3) is 0.562. The molecule has 2 atom stereocenters. The molecule has 2 aliphatic heterocycles. The van der Waals surface area contributed by atoms with Crippen LogP contribution >= 0.6 is 0 Å². The third kappa shape index (κ3) is 2.30. The number of hydrogen-bond donors (Lipinski definition) is 1. The molecule has 0 aliphatic carbocycles. The van der Waals surface area contributed by atoms with E-state index in [1.165, 1.54) is 0 Å². The highest BCUT2D eigenvalue weighted by atomic mass is 16.5. The van der Waals surface area contributed by atoms with Gasteiger partial charge in [-0.2, -0.15) is 0 Å². The minimum absolute atomic E-state index is 0.317. The van der Waals surface area contributed by atoms with Crippen molar-refractivity contribution in [2.24, 2.45) is 5.92 Å². The van der Waals surface area contributed by atoms with Crippen LogP contribution in [0, 0.1) is 5.92 Å². The lowest BCUT2D eigenvalue weighted by molar-refractivity contribution is 0.0725. The summed E-state index contributed by atoms with van der Waals surface area (Å²) in [5.74, 6) is 1.43. The smallest absolute Gasteiger partial charge is 0.180 e. The zero-order valence-corrected chi connectivity index (χ0v) is 12.1. The molecule has 3 heterocycles. The van der Waals surface area contributed by atoms with Crippen molar-refractivity contribution < 1.29 is 9.63 Å². The van der Waals surface area contributed by atoms with E-state index >= 15 is 0 Å². The molecule has 2 saturated heterocycles. The molecule has 2 unspecified atom stereocenters. The van der Waals surface area contributed by atoms with Crippen LogP contribution in [0.15, 0.2) is 28.8 Å². The number of para-hydroxylation sites is 1. The lowest BCUT2D eigenvalue weighted by Gasteiger charge is -2.46. The first kappa shape index (κ1) is 13.1. The van der Waals surface area contributed by atoms with Crippen LogP contribution in [0.1, 0.15) is 12.8 Å². The zero-order valence-electron chi connectivity index (χ0n) is 12.1. The molecule has 0 bridgehead atoms. The van der Waals surface area contributed by atoms with E-state index in [9.17, 15) is 5.11 Å². The summed E-state index contributed by atoms with van der Waals surface area (Å²) in [5.41, 5.74) is 0.854. The van der Waals surface area contributed by atoms with Gasteiger partial charge in [-0.1, -0.05) is 17.3 Å². The largest absolute Gasteiger partial charge is 0.396 e. The van der Waals surface area contributed by atoms with Gasteiger partial charge in [0.1, 0.15) is 0 Å². The molecule has 5 nitrogen and oxygen atoms in total. The topological polar surface area (TPSA) is 52.7 Å². The number of nitrogens with zero attached hydrogens (tertiary/aromatic N) is 3. The second kappa shape index (κ2) is 5.31. The summed E-state index contributed by atoms with van der Waals surface area (Å²) in [6.45, 7) is 4.48. The van der Waals surface area contributed by atoms with Crippen molar-refractivity contribution in [2.45, 2.75) is 18.9 Å². The second-order valence-electron chi connectivity index (χ2n) is 6.21. The number of piperidine rings is 1. The molecule has 4 rings (SSSR count). The highest BCUT2D eigenvalue weighted by Gasteiger charge is 2.34. The first-order chi connectivity index (χ1) is 10.3. The number of anilines is 1. The lowest BCUT2D eigenvalue weighted by atomic mass is 9.90. The van der Waals surface area contributed by atoms with Crippen molar-refractivity contribution in [1.29, 1.82) is 0 Å². The summed E-state index contributed by atoms with van der Waals surface area (Å²) in [6.07, 6.45) is 2.21. The van der Waals surface area contributed by atoms with Gasteiger partial charge in [0.2, 0.25) is 0 Å². The molecule has 2 aromatic rings. The molecule has 2 fully saturated rings. The zero-order chi connectivity index (χ0) is 14.2. The number of benzene rings is 1. The molecular weight excluding hydrogens is 266 g/mol. The van der Waals surface area contributed by atoms with Crippen molar-refractivity contribution in [3.05, 3.63) is 24.3 Å². The Morgan fingerprint density at radius 2 is 2.14 bits per heavy atom. The molecule has 0 spiro atoms. The molecule has 21 heavy (non-hydrogen) atoms. The maximum atomic E-state index is 9.41. The third-order valence-electron chi connectivity index (χ3n) is 4.95. The van der Waals surface area contributed by atoms with Crippen LogP contribution in [0.5, 0.6) is 0 Å². The molecule has 112 valence electrons. The average molecular weight is 287 g/mol. The van der Waals surface area contributed by atoms with Crippen LogP contribution in [-0.4, -0.2) is 54.0 Å². The van der Waals surface area contributed by atoms with Gasteiger partial charge in [0.15, 0.2) is 11.4 Å². The Labute approximate surface area is 124 Å². The fourth-order valence-corrected chi connectivity index (χ4v) is 3.72. The number of aromatic nitrogens is 1. The Morgan fingerprint density at radius 3 is 3.05 bits per heavy atom. The second-order valence-corrected chi connectivity index (χ2v) is 6.21. The van der Waals surface area contributed by atoms with Crippen LogP contribution in [0.3, 0.4) is 0 Å². The van der Waals surface area contributed by atoms with Gasteiger partial charge in [-0.05, 0) is 37.4 Å². The molecule has 2 aliphatic rings. The number of piperazine rings is 1. The molecule has 0 saturated carbocycles. The number of rotatable bonds is 2. The van der Waals surface area contributed by atoms with Crippen LogP contribution in [0.4, 0.5) is 5.82 Å². The molecule has 5 heteroatoms.